The number of hydrogen-bond donors (Lipinski definition) is 0. The fraction of sp³-hybridized carbons (Fsp3) is 0.0625. The summed E-state index contributed by atoms with van der Waals surface area (Å²) in [5, 5.41) is 2.33. The van der Waals surface area contributed by atoms with Gasteiger partial charge in [-0.15, -0.1) is 0 Å². The Morgan fingerprint density at radius 2 is 1.62 bits per heavy atom. The highest BCUT2D eigenvalue weighted by Crippen LogP contribution is 2.29. The number of hydrogen-bond acceptors (Lipinski definition) is 1. The van der Waals surface area contributed by atoms with E-state index < -0.39 is 0 Å². The maximum Gasteiger partial charge on any atom is 0.196 e. The molecule has 2 nitrogen and oxygen atoms in total. The molecule has 0 spiro atoms. The Kier molecular flexibility index (Phi) is 3.70. The molecule has 106 valence electrons. The molecular formula is C16H10Cl3NO. The molecule has 0 fully saturated rings. The minimum Gasteiger partial charge on any atom is -0.350 e. The van der Waals surface area contributed by atoms with Crippen LogP contribution in [0.5, 0.6) is 0 Å². The molecule has 0 aliphatic carbocycles. The number of rotatable bonds is 2. The number of nitrogens with zero attached hydrogens (tertiary/aromatic N) is 1. The number of aromatic nitrogens is 1. The van der Waals surface area contributed by atoms with Crippen LogP contribution in [0, 0.1) is 0 Å². The topological polar surface area (TPSA) is 22.0 Å². The van der Waals surface area contributed by atoms with E-state index in [4.69, 9.17) is 34.8 Å². The Labute approximate surface area is 136 Å². The van der Waals surface area contributed by atoms with E-state index in [1.165, 1.54) is 0 Å². The van der Waals surface area contributed by atoms with E-state index in [2.05, 4.69) is 0 Å². The summed E-state index contributed by atoms with van der Waals surface area (Å²) in [4.78, 5) is 12.7. The maximum atomic E-state index is 12.7. The second kappa shape index (κ2) is 5.38. The maximum absolute atomic E-state index is 12.7. The molecule has 1 aromatic heterocycles. The smallest absolute Gasteiger partial charge is 0.196 e. The van der Waals surface area contributed by atoms with Crippen LogP contribution in [0.3, 0.4) is 0 Å². The lowest BCUT2D eigenvalue weighted by Crippen LogP contribution is -2.01. The Bertz CT molecular complexity index is 867. The monoisotopic (exact) mass is 337 g/mol. The van der Waals surface area contributed by atoms with Crippen molar-refractivity contribution >= 4 is 51.5 Å². The van der Waals surface area contributed by atoms with Crippen LogP contribution < -0.4 is 0 Å². The number of halogens is 3. The quantitative estimate of drug-likeness (QED) is 0.576. The number of carbonyl (C=O) groups excluding carboxylic acids is 1. The number of ketones is 1. The van der Waals surface area contributed by atoms with E-state index in [0.717, 1.165) is 10.9 Å². The van der Waals surface area contributed by atoms with Gasteiger partial charge in [0.2, 0.25) is 0 Å². The lowest BCUT2D eigenvalue weighted by molar-refractivity contribution is 0.104. The minimum atomic E-state index is -0.157. The molecule has 0 atom stereocenters. The van der Waals surface area contributed by atoms with Crippen LogP contribution in [0.25, 0.3) is 10.9 Å². The first-order valence-electron chi connectivity index (χ1n) is 6.21. The van der Waals surface area contributed by atoms with E-state index in [0.29, 0.717) is 26.2 Å². The Morgan fingerprint density at radius 3 is 2.38 bits per heavy atom. The Balaban J connectivity index is 2.21. The van der Waals surface area contributed by atoms with Crippen molar-refractivity contribution in [1.82, 2.24) is 4.57 Å². The van der Waals surface area contributed by atoms with Gasteiger partial charge in [0.1, 0.15) is 0 Å². The van der Waals surface area contributed by atoms with Crippen LogP contribution in [-0.2, 0) is 7.05 Å². The molecule has 0 saturated heterocycles. The van der Waals surface area contributed by atoms with Crippen molar-refractivity contribution in [2.75, 3.05) is 0 Å². The third kappa shape index (κ3) is 2.55. The van der Waals surface area contributed by atoms with Gasteiger partial charge in [0, 0.05) is 45.3 Å². The van der Waals surface area contributed by atoms with Crippen molar-refractivity contribution in [3.05, 3.63) is 68.8 Å². The molecule has 0 radical (unpaired) electrons. The molecule has 0 aliphatic rings. The number of carbonyl (C=O) groups is 1. The van der Waals surface area contributed by atoms with Gasteiger partial charge in [-0.1, -0.05) is 40.9 Å². The summed E-state index contributed by atoms with van der Waals surface area (Å²) >= 11 is 18.1. The molecule has 1 heterocycles. The normalized spacial score (nSPS) is 11.0. The average Bonchev–Trinajstić information content (AvgIpc) is 2.78. The zero-order valence-corrected chi connectivity index (χ0v) is 13.3. The van der Waals surface area contributed by atoms with Crippen molar-refractivity contribution in [3.8, 4) is 0 Å². The van der Waals surface area contributed by atoms with Crippen LogP contribution in [0.1, 0.15) is 15.9 Å². The average molecular weight is 339 g/mol. The van der Waals surface area contributed by atoms with Gasteiger partial charge in [0.25, 0.3) is 0 Å². The molecule has 2 aromatic carbocycles. The molecule has 3 rings (SSSR count). The van der Waals surface area contributed by atoms with Crippen molar-refractivity contribution in [3.63, 3.8) is 0 Å². The van der Waals surface area contributed by atoms with Crippen molar-refractivity contribution in [2.24, 2.45) is 7.05 Å². The summed E-state index contributed by atoms with van der Waals surface area (Å²) in [5.41, 5.74) is 1.86. The third-order valence-electron chi connectivity index (χ3n) is 3.37. The zero-order chi connectivity index (χ0) is 15.1. The van der Waals surface area contributed by atoms with Crippen LogP contribution in [-0.4, -0.2) is 10.4 Å². The second-order valence-corrected chi connectivity index (χ2v) is 6.05. The Morgan fingerprint density at radius 1 is 0.952 bits per heavy atom. The molecule has 0 N–H and O–H groups in total. The van der Waals surface area contributed by atoms with Crippen molar-refractivity contribution in [2.45, 2.75) is 0 Å². The van der Waals surface area contributed by atoms with Crippen LogP contribution >= 0.6 is 34.8 Å². The molecule has 0 unspecified atom stereocenters. The van der Waals surface area contributed by atoms with Crippen molar-refractivity contribution in [1.29, 1.82) is 0 Å². The third-order valence-corrected chi connectivity index (χ3v) is 4.17. The summed E-state index contributed by atoms with van der Waals surface area (Å²) in [6, 6.07) is 10.3. The lowest BCUT2D eigenvalue weighted by Gasteiger charge is -2.03. The number of benzene rings is 2. The van der Waals surface area contributed by atoms with E-state index in [1.807, 2.05) is 23.7 Å². The second-order valence-electron chi connectivity index (χ2n) is 4.77. The van der Waals surface area contributed by atoms with Gasteiger partial charge in [-0.05, 0) is 30.3 Å². The molecule has 3 aromatic rings. The molecule has 0 aliphatic heterocycles. The summed E-state index contributed by atoms with van der Waals surface area (Å²) < 4.78 is 1.87. The van der Waals surface area contributed by atoms with Gasteiger partial charge < -0.3 is 4.57 Å². The molecule has 0 amide bonds. The lowest BCUT2D eigenvalue weighted by atomic mass is 10.0. The molecule has 21 heavy (non-hydrogen) atoms. The fourth-order valence-electron chi connectivity index (χ4n) is 2.35. The highest BCUT2D eigenvalue weighted by molar-refractivity contribution is 6.37. The first-order valence-corrected chi connectivity index (χ1v) is 7.35. The van der Waals surface area contributed by atoms with E-state index >= 15 is 0 Å². The molecule has 5 heteroatoms. The van der Waals surface area contributed by atoms with Crippen molar-refractivity contribution < 1.29 is 4.79 Å². The SMILES string of the molecule is Cn1cc(C(=O)c2cc(Cl)ccc2Cl)c2ccc(Cl)cc21. The number of aryl methyl sites for hydroxylation is 1. The van der Waals surface area contributed by atoms with E-state index in [-0.39, 0.29) is 5.78 Å². The minimum absolute atomic E-state index is 0.157. The van der Waals surface area contributed by atoms with Gasteiger partial charge in [-0.3, -0.25) is 4.79 Å². The highest BCUT2D eigenvalue weighted by Gasteiger charge is 2.18. The first kappa shape index (κ1) is 14.5. The van der Waals surface area contributed by atoms with Gasteiger partial charge in [-0.25, -0.2) is 0 Å². The predicted octanol–water partition coefficient (Wildman–Crippen LogP) is 5.37. The van der Waals surface area contributed by atoms with Crippen LogP contribution in [0.4, 0.5) is 0 Å². The van der Waals surface area contributed by atoms with E-state index in [9.17, 15) is 4.79 Å². The van der Waals surface area contributed by atoms with Crippen LogP contribution in [0.15, 0.2) is 42.6 Å². The summed E-state index contributed by atoms with van der Waals surface area (Å²) in [6.07, 6.45) is 1.78. The molecular weight excluding hydrogens is 329 g/mol. The molecule has 0 bridgehead atoms. The van der Waals surface area contributed by atoms with Gasteiger partial charge in [0.05, 0.1) is 5.02 Å². The van der Waals surface area contributed by atoms with Crippen LogP contribution in [0.2, 0.25) is 15.1 Å². The van der Waals surface area contributed by atoms with E-state index in [1.54, 1.807) is 30.5 Å². The van der Waals surface area contributed by atoms with Gasteiger partial charge in [0.15, 0.2) is 5.78 Å². The largest absolute Gasteiger partial charge is 0.350 e. The summed E-state index contributed by atoms with van der Waals surface area (Å²) in [6.45, 7) is 0. The van der Waals surface area contributed by atoms with Gasteiger partial charge >= 0.3 is 0 Å². The highest BCUT2D eigenvalue weighted by atomic mass is 35.5. The fourth-order valence-corrected chi connectivity index (χ4v) is 2.90. The Hall–Kier alpha value is -1.48. The standard InChI is InChI=1S/C16H10Cl3NO/c1-20-8-13(11-4-2-10(18)7-15(11)20)16(21)12-6-9(17)3-5-14(12)19/h2-8H,1H3. The summed E-state index contributed by atoms with van der Waals surface area (Å²) in [7, 11) is 1.87. The first-order chi connectivity index (χ1) is 9.97. The van der Waals surface area contributed by atoms with Gasteiger partial charge in [-0.2, -0.15) is 0 Å². The zero-order valence-electron chi connectivity index (χ0n) is 11.0. The molecule has 0 saturated carbocycles. The summed E-state index contributed by atoms with van der Waals surface area (Å²) in [5.74, 6) is -0.157. The predicted molar refractivity (Wildman–Crippen MR) is 87.8 cm³/mol. The number of fused-ring (bicyclic) bond motifs is 1.